The second-order valence-electron chi connectivity index (χ2n) is 10.3. The first-order valence-electron chi connectivity index (χ1n) is 9.67. The summed E-state index contributed by atoms with van der Waals surface area (Å²) < 4.78 is 6.60. The van der Waals surface area contributed by atoms with Crippen molar-refractivity contribution in [3.05, 3.63) is 58.9 Å². The molecule has 0 saturated carbocycles. The molecule has 1 unspecified atom stereocenters. The summed E-state index contributed by atoms with van der Waals surface area (Å²) in [5.74, 6) is 0.992. The molecule has 0 spiro atoms. The average Bonchev–Trinajstić information content (AvgIpc) is 2.51. The molecule has 0 aliphatic rings. The second kappa shape index (κ2) is 7.40. The van der Waals surface area contributed by atoms with Crippen LogP contribution in [0.2, 0.25) is 19.6 Å². The molecular weight excluding hydrogens is 350 g/mol. The Morgan fingerprint density at radius 2 is 1.44 bits per heavy atom. The predicted molar refractivity (Wildman–Crippen MR) is 116 cm³/mol. The van der Waals surface area contributed by atoms with Crippen LogP contribution in [0.25, 0.3) is 0 Å². The Bertz CT molecular complexity index is 746. The highest BCUT2D eigenvalue weighted by atomic mass is 28.4. The van der Waals surface area contributed by atoms with E-state index in [0.29, 0.717) is 5.69 Å². The third-order valence-electron chi connectivity index (χ3n) is 4.42. The van der Waals surface area contributed by atoms with Crippen molar-refractivity contribution in [2.45, 2.75) is 78.1 Å². The number of hydrogen-bond donors (Lipinski definition) is 1. The molecule has 1 atom stereocenters. The molecule has 1 heterocycles. The van der Waals surface area contributed by atoms with Gasteiger partial charge in [0.2, 0.25) is 8.32 Å². The van der Waals surface area contributed by atoms with Gasteiger partial charge in [-0.3, -0.25) is 4.98 Å². The van der Waals surface area contributed by atoms with E-state index in [4.69, 9.17) is 4.43 Å². The van der Waals surface area contributed by atoms with Gasteiger partial charge >= 0.3 is 0 Å². The number of hydrogen-bond acceptors (Lipinski definition) is 3. The molecule has 1 aromatic carbocycles. The summed E-state index contributed by atoms with van der Waals surface area (Å²) in [6, 6.07) is 9.84. The second-order valence-corrected chi connectivity index (χ2v) is 14.7. The van der Waals surface area contributed by atoms with Crippen molar-refractivity contribution in [3.8, 4) is 5.75 Å². The maximum Gasteiger partial charge on any atom is 0.242 e. The molecule has 0 radical (unpaired) electrons. The molecule has 0 bridgehead atoms. The molecule has 4 heteroatoms. The molecule has 0 saturated heterocycles. The molecule has 0 aliphatic carbocycles. The van der Waals surface area contributed by atoms with Crippen LogP contribution < -0.4 is 4.43 Å². The van der Waals surface area contributed by atoms with Gasteiger partial charge in [-0.25, -0.2) is 0 Å². The first kappa shape index (κ1) is 21.6. The van der Waals surface area contributed by atoms with Gasteiger partial charge in [0, 0.05) is 6.20 Å². The van der Waals surface area contributed by atoms with Gasteiger partial charge in [0.15, 0.2) is 0 Å². The summed E-state index contributed by atoms with van der Waals surface area (Å²) in [4.78, 5) is 4.35. The molecular formula is C23H35NO2Si. The normalized spacial score (nSPS) is 14.1. The predicted octanol–water partition coefficient (Wildman–Crippen LogP) is 5.97. The minimum Gasteiger partial charge on any atom is -0.544 e. The Hall–Kier alpha value is -1.65. The zero-order valence-electron chi connectivity index (χ0n) is 18.3. The molecule has 0 fully saturated rings. The SMILES string of the molecule is CC(C)(C)c1cc(C(O)c2ccccn2)cc(C(C)(C)C)c1O[Si](C)(C)C. The molecule has 2 rings (SSSR count). The van der Waals surface area contributed by atoms with E-state index < -0.39 is 14.4 Å². The lowest BCUT2D eigenvalue weighted by Crippen LogP contribution is -2.33. The van der Waals surface area contributed by atoms with E-state index in [1.54, 1.807) is 6.20 Å². The average molecular weight is 386 g/mol. The summed E-state index contributed by atoms with van der Waals surface area (Å²) in [6.07, 6.45) is 0.964. The van der Waals surface area contributed by atoms with Crippen molar-refractivity contribution >= 4 is 8.32 Å². The Morgan fingerprint density at radius 3 is 1.81 bits per heavy atom. The summed E-state index contributed by atoms with van der Waals surface area (Å²) >= 11 is 0. The summed E-state index contributed by atoms with van der Waals surface area (Å²) in [6.45, 7) is 19.8. The summed E-state index contributed by atoms with van der Waals surface area (Å²) in [5, 5.41) is 11.0. The molecule has 2 aromatic rings. The lowest BCUT2D eigenvalue weighted by Gasteiger charge is -2.34. The van der Waals surface area contributed by atoms with Crippen LogP contribution in [0.4, 0.5) is 0 Å². The minimum absolute atomic E-state index is 0.102. The standard InChI is InChI=1S/C23H35NO2Si/c1-22(2,3)17-14-16(20(25)19-12-10-11-13-24-19)15-18(23(4,5)6)21(17)26-27(7,8)9/h10-15,20,25H,1-9H3. The highest BCUT2D eigenvalue weighted by molar-refractivity contribution is 6.70. The van der Waals surface area contributed by atoms with Gasteiger partial charge in [-0.1, -0.05) is 47.6 Å². The highest BCUT2D eigenvalue weighted by Gasteiger charge is 2.31. The lowest BCUT2D eigenvalue weighted by molar-refractivity contribution is 0.214. The fraction of sp³-hybridized carbons (Fsp3) is 0.522. The Balaban J connectivity index is 2.75. The Morgan fingerprint density at radius 1 is 0.926 bits per heavy atom. The van der Waals surface area contributed by atoms with E-state index >= 15 is 0 Å². The lowest BCUT2D eigenvalue weighted by atomic mass is 9.77. The van der Waals surface area contributed by atoms with Gasteiger partial charge in [-0.2, -0.15) is 0 Å². The molecule has 148 valence electrons. The van der Waals surface area contributed by atoms with Gasteiger partial charge in [0.25, 0.3) is 0 Å². The fourth-order valence-corrected chi connectivity index (χ4v) is 3.88. The third-order valence-corrected chi connectivity index (χ3v) is 5.24. The number of pyridine rings is 1. The van der Waals surface area contributed by atoms with E-state index in [9.17, 15) is 5.11 Å². The monoisotopic (exact) mass is 385 g/mol. The zero-order chi connectivity index (χ0) is 20.6. The van der Waals surface area contributed by atoms with Gasteiger partial charge in [-0.05, 0) is 71.4 Å². The highest BCUT2D eigenvalue weighted by Crippen LogP contribution is 2.43. The van der Waals surface area contributed by atoms with Crippen molar-refractivity contribution in [2.75, 3.05) is 0 Å². The number of rotatable bonds is 4. The van der Waals surface area contributed by atoms with Gasteiger partial charge in [-0.15, -0.1) is 0 Å². The molecule has 0 amide bonds. The number of nitrogens with zero attached hydrogens (tertiary/aromatic N) is 1. The van der Waals surface area contributed by atoms with Crippen LogP contribution in [0.15, 0.2) is 36.5 Å². The first-order valence-corrected chi connectivity index (χ1v) is 13.1. The number of aromatic nitrogens is 1. The van der Waals surface area contributed by atoms with Crippen molar-refractivity contribution in [1.29, 1.82) is 0 Å². The fourth-order valence-electron chi connectivity index (χ4n) is 3.05. The molecule has 3 nitrogen and oxygen atoms in total. The Kier molecular flexibility index (Phi) is 5.93. The largest absolute Gasteiger partial charge is 0.544 e. The van der Waals surface area contributed by atoms with Crippen molar-refractivity contribution < 1.29 is 9.53 Å². The van der Waals surface area contributed by atoms with Crippen LogP contribution in [0, 0.1) is 0 Å². The van der Waals surface area contributed by atoms with Crippen LogP contribution in [0.3, 0.4) is 0 Å². The van der Waals surface area contributed by atoms with Crippen LogP contribution >= 0.6 is 0 Å². The number of benzene rings is 1. The molecule has 1 N–H and O–H groups in total. The van der Waals surface area contributed by atoms with Gasteiger partial charge in [0.05, 0.1) is 5.69 Å². The van der Waals surface area contributed by atoms with E-state index in [-0.39, 0.29) is 10.8 Å². The van der Waals surface area contributed by atoms with E-state index in [0.717, 1.165) is 22.4 Å². The zero-order valence-corrected chi connectivity index (χ0v) is 19.3. The van der Waals surface area contributed by atoms with E-state index in [2.05, 4.69) is 78.3 Å². The quantitative estimate of drug-likeness (QED) is 0.659. The van der Waals surface area contributed by atoms with Gasteiger partial charge < -0.3 is 9.53 Å². The van der Waals surface area contributed by atoms with Crippen molar-refractivity contribution in [3.63, 3.8) is 0 Å². The topological polar surface area (TPSA) is 42.4 Å². The number of aliphatic hydroxyl groups is 1. The minimum atomic E-state index is -1.80. The molecule has 1 aromatic heterocycles. The summed E-state index contributed by atoms with van der Waals surface area (Å²) in [7, 11) is -1.80. The van der Waals surface area contributed by atoms with Crippen LogP contribution in [-0.4, -0.2) is 18.4 Å². The van der Waals surface area contributed by atoms with Crippen LogP contribution in [0.5, 0.6) is 5.75 Å². The van der Waals surface area contributed by atoms with E-state index in [1.807, 2.05) is 18.2 Å². The van der Waals surface area contributed by atoms with Crippen LogP contribution in [-0.2, 0) is 10.8 Å². The van der Waals surface area contributed by atoms with Crippen molar-refractivity contribution in [1.82, 2.24) is 4.98 Å². The maximum atomic E-state index is 11.0. The maximum absolute atomic E-state index is 11.0. The third kappa shape index (κ3) is 5.42. The molecule has 27 heavy (non-hydrogen) atoms. The smallest absolute Gasteiger partial charge is 0.242 e. The number of aliphatic hydroxyl groups excluding tert-OH is 1. The first-order chi connectivity index (χ1) is 12.2. The van der Waals surface area contributed by atoms with Gasteiger partial charge in [0.1, 0.15) is 11.9 Å². The van der Waals surface area contributed by atoms with Crippen molar-refractivity contribution in [2.24, 2.45) is 0 Å². The summed E-state index contributed by atoms with van der Waals surface area (Å²) in [5.41, 5.74) is 3.61. The Labute approximate surface area is 165 Å². The van der Waals surface area contributed by atoms with E-state index in [1.165, 1.54) is 0 Å². The molecule has 0 aliphatic heterocycles. The van der Waals surface area contributed by atoms with Crippen LogP contribution in [0.1, 0.15) is 70.0 Å².